The minimum absolute atomic E-state index is 0.0136. The van der Waals surface area contributed by atoms with Gasteiger partial charge in [-0.15, -0.1) is 0 Å². The van der Waals surface area contributed by atoms with Crippen LogP contribution in [0, 0.1) is 6.92 Å². The molecule has 1 aliphatic heterocycles. The minimum atomic E-state index is 0.0136. The van der Waals surface area contributed by atoms with E-state index in [0.29, 0.717) is 11.4 Å². The summed E-state index contributed by atoms with van der Waals surface area (Å²) in [6.45, 7) is 7.67. The zero-order valence-electron chi connectivity index (χ0n) is 17.5. The molecule has 0 spiro atoms. The summed E-state index contributed by atoms with van der Waals surface area (Å²) in [6.07, 6.45) is 3.28. The fourth-order valence-corrected chi connectivity index (χ4v) is 4.32. The van der Waals surface area contributed by atoms with E-state index < -0.39 is 0 Å². The molecule has 0 amide bonds. The number of rotatable bonds is 4. The lowest BCUT2D eigenvalue weighted by Crippen LogP contribution is -2.44. The number of imidazole rings is 1. The number of Topliss-reactive ketones (excluding diaryl/α,β-unsaturated/α-hetero) is 1. The molecule has 154 valence electrons. The van der Waals surface area contributed by atoms with Crippen molar-refractivity contribution in [3.63, 3.8) is 0 Å². The van der Waals surface area contributed by atoms with Crippen molar-refractivity contribution in [3.8, 4) is 22.6 Å². The number of hydrogen-bond acceptors (Lipinski definition) is 5. The van der Waals surface area contributed by atoms with E-state index in [1.165, 1.54) is 5.69 Å². The number of aromatic nitrogens is 3. The summed E-state index contributed by atoms with van der Waals surface area (Å²) in [4.78, 5) is 28.7. The zero-order chi connectivity index (χ0) is 20.8. The van der Waals surface area contributed by atoms with Gasteiger partial charge in [-0.25, -0.2) is 4.98 Å². The number of hydrogen-bond donors (Lipinski definition) is 2. The predicted molar refractivity (Wildman–Crippen MR) is 118 cm³/mol. The fourth-order valence-electron chi connectivity index (χ4n) is 4.32. The quantitative estimate of drug-likeness (QED) is 0.502. The summed E-state index contributed by atoms with van der Waals surface area (Å²) in [7, 11) is 2.16. The molecule has 1 aromatic carbocycles. The third-order valence-electron chi connectivity index (χ3n) is 5.92. The van der Waals surface area contributed by atoms with Gasteiger partial charge < -0.3 is 24.2 Å². The number of anilines is 1. The Labute approximate surface area is 174 Å². The fraction of sp³-hybridized carbons (Fsp3) is 0.304. The lowest BCUT2D eigenvalue weighted by molar-refractivity contribution is 0.101. The number of likely N-dealkylation sites (N-methyl/N-ethyl adjacent to an activating group) is 1. The van der Waals surface area contributed by atoms with Crippen molar-refractivity contribution in [3.05, 3.63) is 48.0 Å². The van der Waals surface area contributed by atoms with Gasteiger partial charge >= 0.3 is 0 Å². The predicted octanol–water partition coefficient (Wildman–Crippen LogP) is 4.08. The monoisotopic (exact) mass is 403 g/mol. The second kappa shape index (κ2) is 7.18. The molecule has 5 rings (SSSR count). The highest BCUT2D eigenvalue weighted by atomic mass is 16.3. The highest BCUT2D eigenvalue weighted by Gasteiger charge is 2.24. The molecule has 0 aliphatic carbocycles. The van der Waals surface area contributed by atoms with Crippen LogP contribution in [-0.2, 0) is 0 Å². The highest BCUT2D eigenvalue weighted by molar-refractivity contribution is 6.05. The van der Waals surface area contributed by atoms with Gasteiger partial charge in [0.05, 0.1) is 29.3 Å². The van der Waals surface area contributed by atoms with Crippen LogP contribution in [0.3, 0.4) is 0 Å². The highest BCUT2D eigenvalue weighted by Crippen LogP contribution is 2.37. The number of furan rings is 1. The summed E-state index contributed by atoms with van der Waals surface area (Å²) >= 11 is 0. The van der Waals surface area contributed by atoms with Crippen LogP contribution in [0.2, 0.25) is 0 Å². The van der Waals surface area contributed by atoms with Crippen LogP contribution in [0.5, 0.6) is 0 Å². The molecule has 1 saturated heterocycles. The Bertz CT molecular complexity index is 1210. The maximum Gasteiger partial charge on any atom is 0.162 e. The number of H-pyrrole nitrogens is 2. The normalized spacial score (nSPS) is 15.2. The van der Waals surface area contributed by atoms with Gasteiger partial charge in [0, 0.05) is 54.3 Å². The standard InChI is InChI=1S/C23H25N5O2/c1-14-20(15(2)29)21(16-6-11-30-13-16)22(24-14)23-25-18-5-4-17(12-19(18)26-23)28-9-7-27(3)8-10-28/h4-6,11-13,24H,7-10H2,1-3H3,(H,25,26). The van der Waals surface area contributed by atoms with Gasteiger partial charge in [0.15, 0.2) is 11.6 Å². The molecule has 0 saturated carbocycles. The Kier molecular flexibility index (Phi) is 4.47. The van der Waals surface area contributed by atoms with Crippen molar-refractivity contribution in [2.24, 2.45) is 0 Å². The molecule has 2 N–H and O–H groups in total. The number of carbonyl (C=O) groups excluding carboxylic acids is 1. The Morgan fingerprint density at radius 3 is 2.63 bits per heavy atom. The van der Waals surface area contributed by atoms with Crippen molar-refractivity contribution in [2.75, 3.05) is 38.1 Å². The molecule has 1 aliphatic rings. The summed E-state index contributed by atoms with van der Waals surface area (Å²) in [6, 6.07) is 8.22. The van der Waals surface area contributed by atoms with E-state index in [1.54, 1.807) is 19.5 Å². The third kappa shape index (κ3) is 3.11. The molecule has 0 unspecified atom stereocenters. The number of benzene rings is 1. The first kappa shape index (κ1) is 18.7. The minimum Gasteiger partial charge on any atom is -0.472 e. The van der Waals surface area contributed by atoms with Crippen LogP contribution in [0.1, 0.15) is 23.0 Å². The van der Waals surface area contributed by atoms with Gasteiger partial charge in [0.2, 0.25) is 0 Å². The van der Waals surface area contributed by atoms with Gasteiger partial charge in [-0.3, -0.25) is 4.79 Å². The van der Waals surface area contributed by atoms with E-state index in [2.05, 4.69) is 45.0 Å². The summed E-state index contributed by atoms with van der Waals surface area (Å²) in [5, 5.41) is 0. The number of carbonyl (C=O) groups is 1. The van der Waals surface area contributed by atoms with E-state index >= 15 is 0 Å². The number of aromatic amines is 2. The van der Waals surface area contributed by atoms with Gasteiger partial charge in [-0.05, 0) is 45.2 Å². The maximum atomic E-state index is 12.4. The largest absolute Gasteiger partial charge is 0.472 e. The lowest BCUT2D eigenvalue weighted by atomic mass is 10.00. The molecule has 7 heteroatoms. The summed E-state index contributed by atoms with van der Waals surface area (Å²) < 4.78 is 5.29. The first-order valence-corrected chi connectivity index (χ1v) is 10.2. The van der Waals surface area contributed by atoms with E-state index in [0.717, 1.165) is 59.7 Å². The number of piperazine rings is 1. The second-order valence-electron chi connectivity index (χ2n) is 8.02. The molecule has 0 atom stereocenters. The Morgan fingerprint density at radius 2 is 1.93 bits per heavy atom. The molecular weight excluding hydrogens is 378 g/mol. The van der Waals surface area contributed by atoms with Crippen molar-refractivity contribution >= 4 is 22.5 Å². The van der Waals surface area contributed by atoms with E-state index in [9.17, 15) is 4.79 Å². The van der Waals surface area contributed by atoms with Gasteiger partial charge in [0.1, 0.15) is 0 Å². The average molecular weight is 403 g/mol. The van der Waals surface area contributed by atoms with E-state index in [-0.39, 0.29) is 5.78 Å². The Balaban J connectivity index is 1.59. The van der Waals surface area contributed by atoms with Crippen molar-refractivity contribution < 1.29 is 9.21 Å². The first-order chi connectivity index (χ1) is 14.5. The smallest absolute Gasteiger partial charge is 0.162 e. The Morgan fingerprint density at radius 1 is 1.13 bits per heavy atom. The van der Waals surface area contributed by atoms with Crippen LogP contribution in [-0.4, -0.2) is 58.9 Å². The molecule has 30 heavy (non-hydrogen) atoms. The van der Waals surface area contributed by atoms with Gasteiger partial charge in [-0.2, -0.15) is 0 Å². The zero-order valence-corrected chi connectivity index (χ0v) is 17.5. The van der Waals surface area contributed by atoms with Crippen LogP contribution in [0.15, 0.2) is 41.2 Å². The second-order valence-corrected chi connectivity index (χ2v) is 8.02. The summed E-state index contributed by atoms with van der Waals surface area (Å²) in [5.41, 5.74) is 7.07. The van der Waals surface area contributed by atoms with Crippen LogP contribution in [0.4, 0.5) is 5.69 Å². The molecular formula is C23H25N5O2. The van der Waals surface area contributed by atoms with Crippen molar-refractivity contribution in [1.82, 2.24) is 19.9 Å². The number of ketones is 1. The van der Waals surface area contributed by atoms with Crippen molar-refractivity contribution in [1.29, 1.82) is 0 Å². The summed E-state index contributed by atoms with van der Waals surface area (Å²) in [5.74, 6) is 0.729. The van der Waals surface area contributed by atoms with Crippen molar-refractivity contribution in [2.45, 2.75) is 13.8 Å². The Hall–Kier alpha value is -3.32. The van der Waals surface area contributed by atoms with Crippen LogP contribution in [0.25, 0.3) is 33.7 Å². The molecule has 4 heterocycles. The molecule has 7 nitrogen and oxygen atoms in total. The lowest BCUT2D eigenvalue weighted by Gasteiger charge is -2.34. The first-order valence-electron chi connectivity index (χ1n) is 10.2. The number of fused-ring (bicyclic) bond motifs is 1. The molecule has 3 aromatic heterocycles. The third-order valence-corrected chi connectivity index (χ3v) is 5.92. The van der Waals surface area contributed by atoms with Gasteiger partial charge in [-0.1, -0.05) is 0 Å². The average Bonchev–Trinajstić information content (AvgIpc) is 3.45. The maximum absolute atomic E-state index is 12.4. The van der Waals surface area contributed by atoms with Crippen LogP contribution >= 0.6 is 0 Å². The SMILES string of the molecule is CC(=O)c1c(C)[nH]c(-c2nc3ccc(N4CCN(C)CC4)cc3[nH]2)c1-c1ccoc1. The molecule has 4 aromatic rings. The van der Waals surface area contributed by atoms with E-state index in [1.807, 2.05) is 13.0 Å². The molecule has 0 bridgehead atoms. The van der Waals surface area contributed by atoms with Crippen LogP contribution < -0.4 is 4.90 Å². The van der Waals surface area contributed by atoms with Gasteiger partial charge in [0.25, 0.3) is 0 Å². The molecule has 1 fully saturated rings. The molecule has 0 radical (unpaired) electrons. The number of nitrogens with one attached hydrogen (secondary N) is 2. The topological polar surface area (TPSA) is 81.2 Å². The number of aryl methyl sites for hydroxylation is 1. The van der Waals surface area contributed by atoms with E-state index in [4.69, 9.17) is 9.40 Å². The number of nitrogens with zero attached hydrogens (tertiary/aromatic N) is 3.